The molecule has 0 spiro atoms. The van der Waals surface area contributed by atoms with Crippen LogP contribution in [0.25, 0.3) is 10.9 Å². The molecule has 8 rings (SSSR count). The van der Waals surface area contributed by atoms with E-state index in [1.165, 1.54) is 44.0 Å². The number of benzene rings is 4. The predicted molar refractivity (Wildman–Crippen MR) is 214 cm³/mol. The number of carbonyl (C=O) groups excluding carboxylic acids is 1. The van der Waals surface area contributed by atoms with Crippen LogP contribution in [0.4, 0.5) is 0 Å². The zero-order chi connectivity index (χ0) is 36.0. The summed E-state index contributed by atoms with van der Waals surface area (Å²) < 4.78 is 5.68. The maximum absolute atomic E-state index is 15.1. The molecule has 5 aromatic rings. The molecular formula is C45H50N3O2P. The summed E-state index contributed by atoms with van der Waals surface area (Å²) in [5, 5.41) is 8.45. The smallest absolute Gasteiger partial charge is 0.252 e. The molecule has 5 nitrogen and oxygen atoms in total. The first-order chi connectivity index (χ1) is 24.6. The number of aromatic nitrogens is 1. The Hall–Kier alpha value is -4.31. The second-order valence-corrected chi connectivity index (χ2v) is 16.9. The van der Waals surface area contributed by atoms with Gasteiger partial charge in [-0.3, -0.25) is 14.7 Å². The number of pyridine rings is 1. The fourth-order valence-electron chi connectivity index (χ4n) is 9.13. The summed E-state index contributed by atoms with van der Waals surface area (Å²) >= 11 is 0. The fourth-order valence-corrected chi connectivity index (χ4v) is 12.2. The van der Waals surface area contributed by atoms with Crippen molar-refractivity contribution in [2.24, 2.45) is 11.8 Å². The van der Waals surface area contributed by atoms with Crippen LogP contribution in [0.3, 0.4) is 0 Å². The van der Waals surface area contributed by atoms with E-state index in [0.29, 0.717) is 11.8 Å². The SMILES string of the molecule is C=CC1CN2CCC1C[C@H]2[C@@H](NC(=O)c1ccccc1P(c1c(C)cc(C)cc1C)c1c(C)cc(C)cc1C)c1ccnc2ccc(OC)cc12. The van der Waals surface area contributed by atoms with E-state index in [-0.39, 0.29) is 18.0 Å². The maximum atomic E-state index is 15.1. The molecule has 0 radical (unpaired) electrons. The number of carbonyl (C=O) groups is 1. The first-order valence-corrected chi connectivity index (χ1v) is 19.6. The van der Waals surface area contributed by atoms with Gasteiger partial charge in [0, 0.05) is 29.7 Å². The van der Waals surface area contributed by atoms with Gasteiger partial charge in [0.15, 0.2) is 0 Å². The van der Waals surface area contributed by atoms with Crippen LogP contribution in [0.15, 0.2) is 91.6 Å². The van der Waals surface area contributed by atoms with Gasteiger partial charge < -0.3 is 10.1 Å². The maximum Gasteiger partial charge on any atom is 0.252 e. The normalized spacial score (nSPS) is 20.4. The van der Waals surface area contributed by atoms with E-state index in [2.05, 4.69) is 113 Å². The molecule has 1 aromatic heterocycles. The highest BCUT2D eigenvalue weighted by Gasteiger charge is 2.43. The Morgan fingerprint density at radius 3 is 2.16 bits per heavy atom. The molecule has 2 bridgehead atoms. The fraction of sp³-hybridized carbons (Fsp3) is 0.333. The lowest BCUT2D eigenvalue weighted by Crippen LogP contribution is -2.57. The molecule has 0 saturated carbocycles. The minimum atomic E-state index is -1.06. The lowest BCUT2D eigenvalue weighted by atomic mass is 9.73. The number of hydrogen-bond acceptors (Lipinski definition) is 4. The molecule has 3 aliphatic rings. The molecule has 0 aliphatic carbocycles. The highest BCUT2D eigenvalue weighted by atomic mass is 31.1. The van der Waals surface area contributed by atoms with E-state index in [9.17, 15) is 0 Å². The summed E-state index contributed by atoms with van der Waals surface area (Å²) in [7, 11) is 0.638. The van der Waals surface area contributed by atoms with Crippen LogP contribution in [-0.4, -0.2) is 42.0 Å². The second kappa shape index (κ2) is 14.4. The number of methoxy groups -OCH3 is 1. The van der Waals surface area contributed by atoms with Crippen molar-refractivity contribution in [2.75, 3.05) is 20.2 Å². The van der Waals surface area contributed by atoms with Crippen molar-refractivity contribution in [2.45, 2.75) is 66.5 Å². The average Bonchev–Trinajstić information content (AvgIpc) is 3.12. The van der Waals surface area contributed by atoms with Crippen molar-refractivity contribution in [3.63, 3.8) is 0 Å². The van der Waals surface area contributed by atoms with Crippen molar-refractivity contribution < 1.29 is 9.53 Å². The summed E-state index contributed by atoms with van der Waals surface area (Å²) in [4.78, 5) is 22.4. The number of hydrogen-bond donors (Lipinski definition) is 1. The topological polar surface area (TPSA) is 54.5 Å². The Kier molecular flexibility index (Phi) is 9.89. The van der Waals surface area contributed by atoms with Crippen molar-refractivity contribution in [3.05, 3.63) is 136 Å². The Balaban J connectivity index is 1.38. The molecule has 4 aromatic carbocycles. The molecule has 6 heteroatoms. The third-order valence-corrected chi connectivity index (χ3v) is 14.4. The van der Waals surface area contributed by atoms with Gasteiger partial charge in [0.25, 0.3) is 5.91 Å². The lowest BCUT2D eigenvalue weighted by molar-refractivity contribution is 0.00171. The Labute approximate surface area is 304 Å². The number of amides is 1. The number of ether oxygens (including phenoxy) is 1. The summed E-state index contributed by atoms with van der Waals surface area (Å²) in [5.74, 6) is 1.78. The molecule has 3 saturated heterocycles. The third-order valence-electron chi connectivity index (χ3n) is 11.3. The van der Waals surface area contributed by atoms with E-state index in [4.69, 9.17) is 9.72 Å². The molecule has 262 valence electrons. The molecular weight excluding hydrogens is 645 g/mol. The van der Waals surface area contributed by atoms with Gasteiger partial charge in [0.1, 0.15) is 5.75 Å². The van der Waals surface area contributed by atoms with Gasteiger partial charge in [0.2, 0.25) is 0 Å². The van der Waals surface area contributed by atoms with Crippen LogP contribution in [0, 0.1) is 53.4 Å². The molecule has 1 N–H and O–H groups in total. The second-order valence-electron chi connectivity index (χ2n) is 14.8. The minimum absolute atomic E-state index is 0.0382. The van der Waals surface area contributed by atoms with E-state index in [1.54, 1.807) is 7.11 Å². The highest BCUT2D eigenvalue weighted by Crippen LogP contribution is 2.43. The van der Waals surface area contributed by atoms with Gasteiger partial charge in [-0.15, -0.1) is 6.58 Å². The van der Waals surface area contributed by atoms with E-state index >= 15 is 4.79 Å². The summed E-state index contributed by atoms with van der Waals surface area (Å²) in [6, 6.07) is 25.5. The monoisotopic (exact) mass is 695 g/mol. The largest absolute Gasteiger partial charge is 0.497 e. The average molecular weight is 696 g/mol. The molecule has 1 amide bonds. The van der Waals surface area contributed by atoms with Gasteiger partial charge in [0.05, 0.1) is 18.7 Å². The number of fused-ring (bicyclic) bond motifs is 4. The molecule has 3 aliphatic heterocycles. The van der Waals surface area contributed by atoms with Crippen LogP contribution in [0.1, 0.15) is 68.2 Å². The van der Waals surface area contributed by atoms with Crippen LogP contribution in [0.5, 0.6) is 5.75 Å². The summed E-state index contributed by atoms with van der Waals surface area (Å²) in [6.07, 6.45) is 6.19. The van der Waals surface area contributed by atoms with Crippen molar-refractivity contribution in [3.8, 4) is 5.75 Å². The Bertz CT molecular complexity index is 2040. The molecule has 3 unspecified atom stereocenters. The van der Waals surface area contributed by atoms with E-state index < -0.39 is 7.92 Å². The van der Waals surface area contributed by atoms with Gasteiger partial charge in [-0.25, -0.2) is 0 Å². The Morgan fingerprint density at radius 2 is 1.57 bits per heavy atom. The van der Waals surface area contributed by atoms with Gasteiger partial charge >= 0.3 is 0 Å². The predicted octanol–water partition coefficient (Wildman–Crippen LogP) is 8.22. The zero-order valence-electron chi connectivity index (χ0n) is 31.1. The highest BCUT2D eigenvalue weighted by molar-refractivity contribution is 7.80. The van der Waals surface area contributed by atoms with Crippen LogP contribution >= 0.6 is 7.92 Å². The van der Waals surface area contributed by atoms with Gasteiger partial charge in [-0.2, -0.15) is 0 Å². The van der Waals surface area contributed by atoms with E-state index in [1.807, 2.05) is 30.5 Å². The van der Waals surface area contributed by atoms with Crippen molar-refractivity contribution in [1.82, 2.24) is 15.2 Å². The van der Waals surface area contributed by atoms with Gasteiger partial charge in [-0.1, -0.05) is 59.7 Å². The molecule has 51 heavy (non-hydrogen) atoms. The minimum Gasteiger partial charge on any atom is -0.497 e. The van der Waals surface area contributed by atoms with Crippen LogP contribution < -0.4 is 26.0 Å². The number of piperidine rings is 3. The molecule has 4 heterocycles. The first kappa shape index (κ1) is 35.1. The zero-order valence-corrected chi connectivity index (χ0v) is 32.0. The first-order valence-electron chi connectivity index (χ1n) is 18.2. The van der Waals surface area contributed by atoms with Crippen molar-refractivity contribution >= 4 is 40.6 Å². The number of aryl methyl sites for hydroxylation is 6. The number of nitrogens with zero attached hydrogens (tertiary/aromatic N) is 2. The van der Waals surface area contributed by atoms with Crippen molar-refractivity contribution in [1.29, 1.82) is 0 Å². The molecule has 5 atom stereocenters. The quantitative estimate of drug-likeness (QED) is 0.125. The standard InChI is InChI=1S/C45H50N3O2P/c1-9-33-26-48-19-17-34(33)24-40(48)42(36-16-18-46-39-15-14-35(50-8)25-38(36)39)47-45(49)37-12-10-11-13-41(37)51(43-29(4)20-27(2)21-30(43)5)44-31(6)22-28(3)23-32(44)7/h9-16,18,20-23,25,33-34,40,42H,1,17,19,24,26H2,2-8H3,(H,47,49)/t33?,34?,40-,42-/m0/s1. The summed E-state index contributed by atoms with van der Waals surface area (Å²) in [5.41, 5.74) is 10.3. The number of rotatable bonds is 9. The van der Waals surface area contributed by atoms with Gasteiger partial charge in [-0.05, 0) is 155 Å². The third kappa shape index (κ3) is 6.63. The number of nitrogens with one attached hydrogen (secondary N) is 1. The van der Waals surface area contributed by atoms with Crippen LogP contribution in [0.2, 0.25) is 0 Å². The summed E-state index contributed by atoms with van der Waals surface area (Å²) in [6.45, 7) is 19.4. The lowest BCUT2D eigenvalue weighted by Gasteiger charge is -2.51. The van der Waals surface area contributed by atoms with Crippen LogP contribution in [-0.2, 0) is 0 Å². The van der Waals surface area contributed by atoms with E-state index in [0.717, 1.165) is 59.0 Å². The molecule has 3 fully saturated rings. The Morgan fingerprint density at radius 1 is 0.922 bits per heavy atom.